The second-order valence-electron chi connectivity index (χ2n) is 6.12. The molecule has 2 unspecified atom stereocenters. The number of aromatic nitrogens is 2. The van der Waals surface area contributed by atoms with E-state index in [1.165, 1.54) is 17.7 Å². The third-order valence-corrected chi connectivity index (χ3v) is 3.47. The summed E-state index contributed by atoms with van der Waals surface area (Å²) in [5.74, 6) is 1.84. The summed E-state index contributed by atoms with van der Waals surface area (Å²) in [7, 11) is 0. The van der Waals surface area contributed by atoms with E-state index in [1.54, 1.807) is 0 Å². The maximum absolute atomic E-state index is 4.15. The van der Waals surface area contributed by atoms with Crippen LogP contribution in [-0.2, 0) is 12.0 Å². The SMILES string of the molecule is CC1CC1CNCc1cn[nH]c1C(C)(C)C.Cl. The highest BCUT2D eigenvalue weighted by Crippen LogP contribution is 2.36. The van der Waals surface area contributed by atoms with Crippen LogP contribution < -0.4 is 5.32 Å². The quantitative estimate of drug-likeness (QED) is 0.871. The average molecular weight is 258 g/mol. The highest BCUT2D eigenvalue weighted by Gasteiger charge is 2.31. The number of rotatable bonds is 4. The van der Waals surface area contributed by atoms with E-state index in [0.717, 1.165) is 24.9 Å². The van der Waals surface area contributed by atoms with Gasteiger partial charge in [0.2, 0.25) is 0 Å². The first kappa shape index (κ1) is 14.5. The van der Waals surface area contributed by atoms with Gasteiger partial charge in [-0.25, -0.2) is 0 Å². The first-order valence-electron chi connectivity index (χ1n) is 6.22. The number of nitrogens with one attached hydrogen (secondary N) is 2. The normalized spacial score (nSPS) is 23.3. The van der Waals surface area contributed by atoms with Gasteiger partial charge in [-0.15, -0.1) is 12.4 Å². The summed E-state index contributed by atoms with van der Waals surface area (Å²) < 4.78 is 0. The Morgan fingerprint density at radius 2 is 2.12 bits per heavy atom. The molecule has 1 aromatic heterocycles. The van der Waals surface area contributed by atoms with Gasteiger partial charge in [0.15, 0.2) is 0 Å². The predicted octanol–water partition coefficient (Wildman–Crippen LogP) is 2.87. The summed E-state index contributed by atoms with van der Waals surface area (Å²) in [6.07, 6.45) is 3.34. The lowest BCUT2D eigenvalue weighted by Gasteiger charge is -2.18. The number of H-pyrrole nitrogens is 1. The highest BCUT2D eigenvalue weighted by atomic mass is 35.5. The van der Waals surface area contributed by atoms with Crippen LogP contribution in [0.1, 0.15) is 45.4 Å². The fraction of sp³-hybridized carbons (Fsp3) is 0.769. The summed E-state index contributed by atoms with van der Waals surface area (Å²) in [6.45, 7) is 11.1. The molecule has 0 radical (unpaired) electrons. The van der Waals surface area contributed by atoms with Crippen LogP contribution in [0.2, 0.25) is 0 Å². The van der Waals surface area contributed by atoms with Crippen molar-refractivity contribution in [3.63, 3.8) is 0 Å². The Morgan fingerprint density at radius 1 is 1.47 bits per heavy atom. The number of hydrogen-bond acceptors (Lipinski definition) is 2. The molecule has 0 amide bonds. The molecule has 1 aliphatic rings. The largest absolute Gasteiger partial charge is 0.312 e. The zero-order valence-electron chi connectivity index (χ0n) is 11.2. The van der Waals surface area contributed by atoms with Crippen LogP contribution in [0.25, 0.3) is 0 Å². The number of halogens is 1. The van der Waals surface area contributed by atoms with E-state index in [-0.39, 0.29) is 17.8 Å². The van der Waals surface area contributed by atoms with Gasteiger partial charge in [-0.3, -0.25) is 5.10 Å². The van der Waals surface area contributed by atoms with E-state index in [1.807, 2.05) is 6.20 Å². The zero-order valence-corrected chi connectivity index (χ0v) is 12.0. The minimum absolute atomic E-state index is 0. The van der Waals surface area contributed by atoms with Crippen molar-refractivity contribution in [2.45, 2.75) is 46.1 Å². The number of hydrogen-bond donors (Lipinski definition) is 2. The molecule has 2 rings (SSSR count). The van der Waals surface area contributed by atoms with Crippen LogP contribution in [0.15, 0.2) is 6.20 Å². The van der Waals surface area contributed by atoms with Crippen molar-refractivity contribution in [3.8, 4) is 0 Å². The van der Waals surface area contributed by atoms with E-state index in [0.29, 0.717) is 0 Å². The molecule has 0 aliphatic heterocycles. The standard InChI is InChI=1S/C13H23N3.ClH/c1-9-5-10(9)6-14-7-11-8-15-16-12(11)13(2,3)4;/h8-10,14H,5-7H2,1-4H3,(H,15,16);1H. The van der Waals surface area contributed by atoms with Gasteiger partial charge in [-0.05, 0) is 24.8 Å². The Kier molecular flexibility index (Phi) is 4.62. The minimum atomic E-state index is 0. The summed E-state index contributed by atoms with van der Waals surface area (Å²) in [5.41, 5.74) is 2.71. The third-order valence-electron chi connectivity index (χ3n) is 3.47. The molecule has 1 aliphatic carbocycles. The molecular weight excluding hydrogens is 234 g/mol. The van der Waals surface area contributed by atoms with Crippen molar-refractivity contribution in [1.82, 2.24) is 15.5 Å². The molecule has 3 nitrogen and oxygen atoms in total. The zero-order chi connectivity index (χ0) is 11.8. The van der Waals surface area contributed by atoms with Crippen molar-refractivity contribution >= 4 is 12.4 Å². The Hall–Kier alpha value is -0.540. The summed E-state index contributed by atoms with van der Waals surface area (Å²) in [5, 5.41) is 10.8. The van der Waals surface area contributed by atoms with Crippen LogP contribution in [0.4, 0.5) is 0 Å². The fourth-order valence-corrected chi connectivity index (χ4v) is 2.17. The van der Waals surface area contributed by atoms with E-state index < -0.39 is 0 Å². The minimum Gasteiger partial charge on any atom is -0.312 e. The van der Waals surface area contributed by atoms with Crippen LogP contribution in [0, 0.1) is 11.8 Å². The van der Waals surface area contributed by atoms with Gasteiger partial charge in [0.25, 0.3) is 0 Å². The van der Waals surface area contributed by atoms with Crippen LogP contribution >= 0.6 is 12.4 Å². The first-order valence-corrected chi connectivity index (χ1v) is 6.22. The van der Waals surface area contributed by atoms with E-state index in [2.05, 4.69) is 43.2 Å². The molecule has 2 atom stereocenters. The van der Waals surface area contributed by atoms with Gasteiger partial charge in [0.1, 0.15) is 0 Å². The molecule has 1 aromatic rings. The van der Waals surface area contributed by atoms with Crippen molar-refractivity contribution in [2.75, 3.05) is 6.54 Å². The topological polar surface area (TPSA) is 40.7 Å². The summed E-state index contributed by atoms with van der Waals surface area (Å²) >= 11 is 0. The molecule has 0 saturated heterocycles. The van der Waals surface area contributed by atoms with Crippen molar-refractivity contribution < 1.29 is 0 Å². The second-order valence-corrected chi connectivity index (χ2v) is 6.12. The molecule has 4 heteroatoms. The molecule has 1 saturated carbocycles. The summed E-state index contributed by atoms with van der Waals surface area (Å²) in [6, 6.07) is 0. The van der Waals surface area contributed by atoms with Crippen molar-refractivity contribution in [1.29, 1.82) is 0 Å². The molecule has 17 heavy (non-hydrogen) atoms. The maximum Gasteiger partial charge on any atom is 0.0535 e. The Balaban J connectivity index is 0.00000144. The van der Waals surface area contributed by atoms with Gasteiger partial charge in [0, 0.05) is 23.2 Å². The molecule has 98 valence electrons. The summed E-state index contributed by atoms with van der Waals surface area (Å²) in [4.78, 5) is 0. The third kappa shape index (κ3) is 3.71. The van der Waals surface area contributed by atoms with Gasteiger partial charge in [0.05, 0.1) is 6.20 Å². The number of nitrogens with zero attached hydrogens (tertiary/aromatic N) is 1. The first-order chi connectivity index (χ1) is 7.48. The van der Waals surface area contributed by atoms with E-state index in [9.17, 15) is 0 Å². The van der Waals surface area contributed by atoms with Crippen molar-refractivity contribution in [2.24, 2.45) is 11.8 Å². The van der Waals surface area contributed by atoms with Gasteiger partial charge >= 0.3 is 0 Å². The van der Waals surface area contributed by atoms with Crippen LogP contribution in [-0.4, -0.2) is 16.7 Å². The monoisotopic (exact) mass is 257 g/mol. The molecule has 2 N–H and O–H groups in total. The predicted molar refractivity (Wildman–Crippen MR) is 73.5 cm³/mol. The van der Waals surface area contributed by atoms with E-state index >= 15 is 0 Å². The lowest BCUT2D eigenvalue weighted by atomic mass is 9.89. The van der Waals surface area contributed by atoms with Crippen molar-refractivity contribution in [3.05, 3.63) is 17.5 Å². The number of aromatic amines is 1. The highest BCUT2D eigenvalue weighted by molar-refractivity contribution is 5.85. The Bertz CT molecular complexity index is 354. The Labute approximate surface area is 110 Å². The lowest BCUT2D eigenvalue weighted by molar-refractivity contribution is 0.548. The van der Waals surface area contributed by atoms with Crippen LogP contribution in [0.3, 0.4) is 0 Å². The molecule has 1 fully saturated rings. The molecule has 0 bridgehead atoms. The Morgan fingerprint density at radius 3 is 2.65 bits per heavy atom. The average Bonchev–Trinajstić information content (AvgIpc) is 2.70. The maximum atomic E-state index is 4.15. The molecular formula is C13H24ClN3. The lowest BCUT2D eigenvalue weighted by Crippen LogP contribution is -2.20. The molecule has 0 spiro atoms. The van der Waals surface area contributed by atoms with Gasteiger partial charge < -0.3 is 5.32 Å². The molecule has 1 heterocycles. The smallest absolute Gasteiger partial charge is 0.0535 e. The van der Waals surface area contributed by atoms with E-state index in [4.69, 9.17) is 0 Å². The van der Waals surface area contributed by atoms with Gasteiger partial charge in [-0.1, -0.05) is 27.7 Å². The van der Waals surface area contributed by atoms with Crippen LogP contribution in [0.5, 0.6) is 0 Å². The molecule has 0 aromatic carbocycles. The fourth-order valence-electron chi connectivity index (χ4n) is 2.17. The van der Waals surface area contributed by atoms with Gasteiger partial charge in [-0.2, -0.15) is 5.10 Å². The second kappa shape index (κ2) is 5.40.